The molecule has 0 bridgehead atoms. The Labute approximate surface area is 189 Å². The van der Waals surface area contributed by atoms with Crippen molar-refractivity contribution in [1.29, 1.82) is 0 Å². The Balaban J connectivity index is 1.68. The first kappa shape index (κ1) is 21.9. The Bertz CT molecular complexity index is 1010. The van der Waals surface area contributed by atoms with Crippen LogP contribution in [0.15, 0.2) is 72.8 Å². The maximum atomic E-state index is 11.4. The summed E-state index contributed by atoms with van der Waals surface area (Å²) in [5, 5.41) is 9.35. The molecule has 0 atom stereocenters. The van der Waals surface area contributed by atoms with E-state index >= 15 is 0 Å². The Hall–Kier alpha value is -3.31. The van der Waals surface area contributed by atoms with Gasteiger partial charge in [0, 0.05) is 18.5 Å². The molecule has 3 aromatic rings. The zero-order valence-corrected chi connectivity index (χ0v) is 18.6. The van der Waals surface area contributed by atoms with E-state index in [9.17, 15) is 9.90 Å². The number of nitrogens with zero attached hydrogens (tertiary/aromatic N) is 1. The number of aromatic carboxylic acids is 1. The van der Waals surface area contributed by atoms with Gasteiger partial charge in [-0.1, -0.05) is 36.4 Å². The van der Waals surface area contributed by atoms with Crippen molar-refractivity contribution in [2.75, 3.05) is 27.3 Å². The van der Waals surface area contributed by atoms with Crippen LogP contribution < -0.4 is 9.47 Å². The topological polar surface area (TPSA) is 59.0 Å². The highest BCUT2D eigenvalue weighted by Crippen LogP contribution is 2.41. The predicted molar refractivity (Wildman–Crippen MR) is 125 cm³/mol. The van der Waals surface area contributed by atoms with Gasteiger partial charge in [0.25, 0.3) is 0 Å². The summed E-state index contributed by atoms with van der Waals surface area (Å²) in [4.78, 5) is 13.8. The highest BCUT2D eigenvalue weighted by Gasteiger charge is 2.38. The normalized spacial score (nSPS) is 15.8. The van der Waals surface area contributed by atoms with Crippen molar-refractivity contribution in [2.45, 2.75) is 24.8 Å². The second kappa shape index (κ2) is 9.45. The minimum atomic E-state index is -0.892. The molecule has 1 N–H and O–H groups in total. The summed E-state index contributed by atoms with van der Waals surface area (Å²) in [7, 11) is 3.36. The Morgan fingerprint density at radius 2 is 1.53 bits per heavy atom. The molecule has 1 fully saturated rings. The standard InChI is InChI=1S/C27H29NO4/c1-31-24-11-7-22(8-12-24)27(23-9-13-25(32-2)14-10-23)15-4-16-28(19-27)18-20-5-3-6-21(17-20)26(29)30/h3,5-14,17H,4,15-16,18-19H2,1-2H3,(H,29,30). The zero-order chi connectivity index (χ0) is 22.6. The molecule has 0 amide bonds. The molecule has 5 heteroatoms. The number of likely N-dealkylation sites (tertiary alicyclic amines) is 1. The molecule has 1 saturated heterocycles. The van der Waals surface area contributed by atoms with Crippen LogP contribution in [0.5, 0.6) is 11.5 Å². The van der Waals surface area contributed by atoms with E-state index in [1.54, 1.807) is 26.4 Å². The minimum Gasteiger partial charge on any atom is -0.497 e. The molecule has 1 aliphatic heterocycles. The van der Waals surface area contributed by atoms with Crippen LogP contribution in [0.25, 0.3) is 0 Å². The van der Waals surface area contributed by atoms with Crippen LogP contribution >= 0.6 is 0 Å². The summed E-state index contributed by atoms with van der Waals surface area (Å²) >= 11 is 0. The number of piperidine rings is 1. The molecule has 0 spiro atoms. The SMILES string of the molecule is COc1ccc(C2(c3ccc(OC)cc3)CCCN(Cc3cccc(C(=O)O)c3)C2)cc1. The summed E-state index contributed by atoms with van der Waals surface area (Å²) in [6.45, 7) is 2.55. The van der Waals surface area contributed by atoms with Gasteiger partial charge < -0.3 is 14.6 Å². The molecule has 166 valence electrons. The number of carbonyl (C=O) groups is 1. The van der Waals surface area contributed by atoms with E-state index in [4.69, 9.17) is 9.47 Å². The second-order valence-electron chi connectivity index (χ2n) is 8.36. The lowest BCUT2D eigenvalue weighted by molar-refractivity contribution is 0.0696. The van der Waals surface area contributed by atoms with E-state index in [2.05, 4.69) is 29.2 Å². The average molecular weight is 432 g/mol. The number of methoxy groups -OCH3 is 2. The molecule has 0 radical (unpaired) electrons. The van der Waals surface area contributed by atoms with Crippen molar-refractivity contribution >= 4 is 5.97 Å². The third kappa shape index (κ3) is 4.48. The van der Waals surface area contributed by atoms with Crippen LogP contribution in [0.2, 0.25) is 0 Å². The van der Waals surface area contributed by atoms with E-state index in [1.807, 2.05) is 36.4 Å². The third-order valence-electron chi connectivity index (χ3n) is 6.44. The van der Waals surface area contributed by atoms with Gasteiger partial charge in [-0.05, 0) is 72.5 Å². The largest absolute Gasteiger partial charge is 0.497 e. The molecule has 0 aromatic heterocycles. The van der Waals surface area contributed by atoms with Gasteiger partial charge in [0.1, 0.15) is 11.5 Å². The quantitative estimate of drug-likeness (QED) is 0.572. The van der Waals surface area contributed by atoms with Crippen LogP contribution in [0, 0.1) is 0 Å². The van der Waals surface area contributed by atoms with Gasteiger partial charge in [0.2, 0.25) is 0 Å². The van der Waals surface area contributed by atoms with E-state index in [0.717, 1.165) is 49.5 Å². The molecule has 0 aliphatic carbocycles. The Morgan fingerprint density at radius 3 is 2.06 bits per heavy atom. The first-order valence-electron chi connectivity index (χ1n) is 10.9. The average Bonchev–Trinajstić information content (AvgIpc) is 2.84. The van der Waals surface area contributed by atoms with Crippen LogP contribution in [-0.4, -0.2) is 43.3 Å². The molecule has 0 unspecified atom stereocenters. The number of ether oxygens (including phenoxy) is 2. The zero-order valence-electron chi connectivity index (χ0n) is 18.6. The first-order valence-corrected chi connectivity index (χ1v) is 10.9. The van der Waals surface area contributed by atoms with E-state index < -0.39 is 5.97 Å². The molecule has 3 aromatic carbocycles. The lowest BCUT2D eigenvalue weighted by atomic mass is 9.69. The van der Waals surface area contributed by atoms with Gasteiger partial charge >= 0.3 is 5.97 Å². The van der Waals surface area contributed by atoms with Gasteiger partial charge in [-0.2, -0.15) is 0 Å². The fourth-order valence-electron chi connectivity index (χ4n) is 4.80. The van der Waals surface area contributed by atoms with Crippen LogP contribution in [0.3, 0.4) is 0 Å². The maximum Gasteiger partial charge on any atom is 0.335 e. The van der Waals surface area contributed by atoms with Gasteiger partial charge in [-0.15, -0.1) is 0 Å². The molecule has 32 heavy (non-hydrogen) atoms. The van der Waals surface area contributed by atoms with Crippen molar-refractivity contribution in [1.82, 2.24) is 4.90 Å². The third-order valence-corrected chi connectivity index (χ3v) is 6.44. The van der Waals surface area contributed by atoms with Crippen LogP contribution in [0.4, 0.5) is 0 Å². The van der Waals surface area contributed by atoms with Crippen LogP contribution in [-0.2, 0) is 12.0 Å². The van der Waals surface area contributed by atoms with Crippen molar-refractivity contribution in [2.24, 2.45) is 0 Å². The van der Waals surface area contributed by atoms with Gasteiger partial charge in [0.15, 0.2) is 0 Å². The van der Waals surface area contributed by atoms with Crippen molar-refractivity contribution < 1.29 is 19.4 Å². The fraction of sp³-hybridized carbons (Fsp3) is 0.296. The van der Waals surface area contributed by atoms with Crippen molar-refractivity contribution in [3.05, 3.63) is 95.1 Å². The monoisotopic (exact) mass is 431 g/mol. The summed E-state index contributed by atoms with van der Waals surface area (Å²) in [5.41, 5.74) is 3.70. The number of rotatable bonds is 7. The van der Waals surface area contributed by atoms with Gasteiger partial charge in [-0.25, -0.2) is 4.79 Å². The highest BCUT2D eigenvalue weighted by atomic mass is 16.5. The Kier molecular flexibility index (Phi) is 6.47. The Morgan fingerprint density at radius 1 is 0.938 bits per heavy atom. The molecule has 5 nitrogen and oxygen atoms in total. The van der Waals surface area contributed by atoms with Crippen molar-refractivity contribution in [3.63, 3.8) is 0 Å². The van der Waals surface area contributed by atoms with E-state index in [-0.39, 0.29) is 5.41 Å². The highest BCUT2D eigenvalue weighted by molar-refractivity contribution is 5.87. The summed E-state index contributed by atoms with van der Waals surface area (Å²) < 4.78 is 10.8. The fourth-order valence-corrected chi connectivity index (χ4v) is 4.80. The van der Waals surface area contributed by atoms with Gasteiger partial charge in [0.05, 0.1) is 19.8 Å². The van der Waals surface area contributed by atoms with Crippen molar-refractivity contribution in [3.8, 4) is 11.5 Å². The molecule has 4 rings (SSSR count). The molecule has 1 heterocycles. The number of carboxylic acids is 1. The molecular weight excluding hydrogens is 402 g/mol. The number of hydrogen-bond acceptors (Lipinski definition) is 4. The summed E-state index contributed by atoms with van der Waals surface area (Å²) in [5.74, 6) is 0.796. The molecular formula is C27H29NO4. The lowest BCUT2D eigenvalue weighted by Gasteiger charge is -2.44. The van der Waals surface area contributed by atoms with Crippen LogP contribution in [0.1, 0.15) is 39.9 Å². The predicted octanol–water partition coefficient (Wildman–Crippen LogP) is 4.98. The smallest absolute Gasteiger partial charge is 0.335 e. The minimum absolute atomic E-state index is 0.165. The van der Waals surface area contributed by atoms with E-state index in [1.165, 1.54) is 11.1 Å². The lowest BCUT2D eigenvalue weighted by Crippen LogP contribution is -2.46. The summed E-state index contributed by atoms with van der Waals surface area (Å²) in [6.07, 6.45) is 2.09. The molecule has 1 aliphatic rings. The maximum absolute atomic E-state index is 11.4. The number of benzene rings is 3. The summed E-state index contributed by atoms with van der Waals surface area (Å²) in [6, 6.07) is 24.0. The number of carboxylic acid groups (broad SMARTS) is 1. The second-order valence-corrected chi connectivity index (χ2v) is 8.36. The molecule has 0 saturated carbocycles. The first-order chi connectivity index (χ1) is 15.5. The number of hydrogen-bond donors (Lipinski definition) is 1. The van der Waals surface area contributed by atoms with Gasteiger partial charge in [-0.3, -0.25) is 4.90 Å². The van der Waals surface area contributed by atoms with E-state index in [0.29, 0.717) is 5.56 Å².